The molecule has 3 N–H and O–H groups in total. The van der Waals surface area contributed by atoms with Crippen molar-refractivity contribution in [3.63, 3.8) is 0 Å². The normalized spacial score (nSPS) is 14.6. The summed E-state index contributed by atoms with van der Waals surface area (Å²) >= 11 is 0. The molecule has 0 heterocycles. The predicted octanol–water partition coefficient (Wildman–Crippen LogP) is 2.97. The third kappa shape index (κ3) is 5.83. The van der Waals surface area contributed by atoms with Crippen LogP contribution in [-0.4, -0.2) is 23.1 Å². The maximum absolute atomic E-state index is 12.2. The summed E-state index contributed by atoms with van der Waals surface area (Å²) in [5, 5.41) is 10.1. The van der Waals surface area contributed by atoms with E-state index >= 15 is 0 Å². The summed E-state index contributed by atoms with van der Waals surface area (Å²) in [4.78, 5) is 24.4. The first-order chi connectivity index (χ1) is 11.2. The molecule has 0 radical (unpaired) electrons. The van der Waals surface area contributed by atoms with E-state index in [-0.39, 0.29) is 11.5 Å². The highest BCUT2D eigenvalue weighted by Gasteiger charge is 2.28. The Labute approximate surface area is 149 Å². The Hall–Kier alpha value is -1.92. The summed E-state index contributed by atoms with van der Waals surface area (Å²) in [6.07, 6.45) is -0.931. The summed E-state index contributed by atoms with van der Waals surface area (Å²) in [6.45, 7) is 12.0. The van der Waals surface area contributed by atoms with Gasteiger partial charge in [-0.2, -0.15) is 0 Å². The van der Waals surface area contributed by atoms with Gasteiger partial charge >= 0.3 is 11.9 Å². The minimum absolute atomic E-state index is 0.0784. The number of esters is 2. The van der Waals surface area contributed by atoms with Crippen molar-refractivity contribution < 1.29 is 24.2 Å². The van der Waals surface area contributed by atoms with Gasteiger partial charge in [-0.3, -0.25) is 9.59 Å². The van der Waals surface area contributed by atoms with E-state index < -0.39 is 34.9 Å². The van der Waals surface area contributed by atoms with Gasteiger partial charge in [0.25, 0.3) is 0 Å². The number of rotatable bonds is 4. The number of aliphatic hydroxyl groups excluding tert-OH is 1. The molecule has 6 nitrogen and oxygen atoms in total. The summed E-state index contributed by atoms with van der Waals surface area (Å²) in [5.41, 5.74) is 4.75. The molecule has 0 aliphatic heterocycles. The van der Waals surface area contributed by atoms with E-state index in [1.165, 1.54) is 12.1 Å². The standard InChI is InChI=1S/C19H29NO5/c1-11(20)15(21)12-8-9-13(24-16(22)18(2,3)4)14(10-12)25-17(23)19(5,6)7/h8-11,15,21H,20H2,1-7H3. The van der Waals surface area contributed by atoms with Crippen LogP contribution in [-0.2, 0) is 9.59 Å². The molecule has 2 unspecified atom stereocenters. The second kappa shape index (κ2) is 7.54. The number of hydrogen-bond acceptors (Lipinski definition) is 6. The van der Waals surface area contributed by atoms with Gasteiger partial charge in [0.1, 0.15) is 0 Å². The first-order valence-corrected chi connectivity index (χ1v) is 8.25. The summed E-state index contributed by atoms with van der Waals surface area (Å²) in [6, 6.07) is 4.06. The Bertz CT molecular complexity index is 638. The summed E-state index contributed by atoms with van der Waals surface area (Å²) in [7, 11) is 0. The van der Waals surface area contributed by atoms with Gasteiger partial charge in [-0.05, 0) is 66.2 Å². The van der Waals surface area contributed by atoms with Crippen LogP contribution in [0.3, 0.4) is 0 Å². The molecule has 2 atom stereocenters. The fourth-order valence-electron chi connectivity index (χ4n) is 1.68. The molecule has 0 saturated carbocycles. The maximum atomic E-state index is 12.2. The molecule has 1 aromatic carbocycles. The molecule has 0 saturated heterocycles. The second-order valence-corrected chi connectivity index (χ2v) is 8.29. The van der Waals surface area contributed by atoms with Gasteiger partial charge in [0.15, 0.2) is 11.5 Å². The van der Waals surface area contributed by atoms with Gasteiger partial charge in [-0.1, -0.05) is 6.07 Å². The van der Waals surface area contributed by atoms with Crippen molar-refractivity contribution in [1.29, 1.82) is 0 Å². The molecule has 0 fully saturated rings. The molecular formula is C19H29NO5. The van der Waals surface area contributed by atoms with E-state index in [4.69, 9.17) is 15.2 Å². The van der Waals surface area contributed by atoms with Crippen LogP contribution < -0.4 is 15.2 Å². The quantitative estimate of drug-likeness (QED) is 0.639. The van der Waals surface area contributed by atoms with Crippen LogP contribution in [0.5, 0.6) is 11.5 Å². The lowest BCUT2D eigenvalue weighted by Gasteiger charge is -2.22. The lowest BCUT2D eigenvalue weighted by atomic mass is 9.97. The van der Waals surface area contributed by atoms with Crippen LogP contribution >= 0.6 is 0 Å². The zero-order valence-electron chi connectivity index (χ0n) is 16.0. The van der Waals surface area contributed by atoms with E-state index in [9.17, 15) is 14.7 Å². The van der Waals surface area contributed by atoms with Crippen molar-refractivity contribution in [1.82, 2.24) is 0 Å². The predicted molar refractivity (Wildman–Crippen MR) is 95.2 cm³/mol. The van der Waals surface area contributed by atoms with Crippen LogP contribution in [0.25, 0.3) is 0 Å². The topological polar surface area (TPSA) is 98.9 Å². The Morgan fingerprint density at radius 1 is 0.960 bits per heavy atom. The van der Waals surface area contributed by atoms with Crippen molar-refractivity contribution in [2.45, 2.75) is 60.6 Å². The molecular weight excluding hydrogens is 322 g/mol. The molecule has 0 bridgehead atoms. The monoisotopic (exact) mass is 351 g/mol. The molecule has 0 aliphatic carbocycles. The van der Waals surface area contributed by atoms with E-state index in [1.54, 1.807) is 54.5 Å². The number of carbonyl (C=O) groups is 2. The average molecular weight is 351 g/mol. The first-order valence-electron chi connectivity index (χ1n) is 8.25. The van der Waals surface area contributed by atoms with Crippen molar-refractivity contribution >= 4 is 11.9 Å². The van der Waals surface area contributed by atoms with Crippen molar-refractivity contribution in [2.24, 2.45) is 16.6 Å². The highest BCUT2D eigenvalue weighted by atomic mass is 16.6. The van der Waals surface area contributed by atoms with E-state index in [0.717, 1.165) is 0 Å². The first kappa shape index (κ1) is 21.1. The molecule has 1 aromatic rings. The van der Waals surface area contributed by atoms with Gasteiger partial charge < -0.3 is 20.3 Å². The van der Waals surface area contributed by atoms with E-state index in [1.807, 2.05) is 0 Å². The largest absolute Gasteiger partial charge is 0.422 e. The fourth-order valence-corrected chi connectivity index (χ4v) is 1.68. The Morgan fingerprint density at radius 3 is 1.80 bits per heavy atom. The number of aliphatic hydroxyl groups is 1. The van der Waals surface area contributed by atoms with E-state index in [2.05, 4.69) is 0 Å². The minimum atomic E-state index is -0.931. The Kier molecular flexibility index (Phi) is 6.37. The average Bonchev–Trinajstić information content (AvgIpc) is 2.45. The van der Waals surface area contributed by atoms with Crippen molar-refractivity contribution in [3.05, 3.63) is 23.8 Å². The number of carbonyl (C=O) groups excluding carboxylic acids is 2. The third-order valence-electron chi connectivity index (χ3n) is 3.44. The van der Waals surface area contributed by atoms with Gasteiger partial charge in [0, 0.05) is 6.04 Å². The molecule has 0 aliphatic rings. The maximum Gasteiger partial charge on any atom is 0.316 e. The molecule has 140 valence electrons. The van der Waals surface area contributed by atoms with Gasteiger partial charge in [0.05, 0.1) is 16.9 Å². The van der Waals surface area contributed by atoms with Crippen LogP contribution in [0.1, 0.15) is 60.1 Å². The lowest BCUT2D eigenvalue weighted by molar-refractivity contribution is -0.145. The van der Waals surface area contributed by atoms with Gasteiger partial charge in [-0.25, -0.2) is 0 Å². The highest BCUT2D eigenvalue weighted by Crippen LogP contribution is 2.34. The Balaban J connectivity index is 3.26. The van der Waals surface area contributed by atoms with Crippen molar-refractivity contribution in [2.75, 3.05) is 0 Å². The van der Waals surface area contributed by atoms with Gasteiger partial charge in [-0.15, -0.1) is 0 Å². The highest BCUT2D eigenvalue weighted by molar-refractivity contribution is 5.81. The molecule has 6 heteroatoms. The van der Waals surface area contributed by atoms with E-state index in [0.29, 0.717) is 5.56 Å². The summed E-state index contributed by atoms with van der Waals surface area (Å²) in [5.74, 6) is -0.734. The SMILES string of the molecule is CC(N)C(O)c1ccc(OC(=O)C(C)(C)C)c(OC(=O)C(C)(C)C)c1. The molecule has 0 aromatic heterocycles. The molecule has 0 amide bonds. The number of hydrogen-bond donors (Lipinski definition) is 2. The molecule has 0 spiro atoms. The molecule has 25 heavy (non-hydrogen) atoms. The third-order valence-corrected chi connectivity index (χ3v) is 3.44. The van der Waals surface area contributed by atoms with Crippen LogP contribution in [0.4, 0.5) is 0 Å². The smallest absolute Gasteiger partial charge is 0.316 e. The van der Waals surface area contributed by atoms with Crippen LogP contribution in [0.15, 0.2) is 18.2 Å². The second-order valence-electron chi connectivity index (χ2n) is 8.29. The van der Waals surface area contributed by atoms with Crippen molar-refractivity contribution in [3.8, 4) is 11.5 Å². The number of nitrogens with two attached hydrogens (primary N) is 1. The van der Waals surface area contributed by atoms with Crippen LogP contribution in [0.2, 0.25) is 0 Å². The lowest BCUT2D eigenvalue weighted by Crippen LogP contribution is -2.28. The zero-order chi connectivity index (χ0) is 19.6. The zero-order valence-corrected chi connectivity index (χ0v) is 16.0. The summed E-state index contributed by atoms with van der Waals surface area (Å²) < 4.78 is 10.8. The van der Waals surface area contributed by atoms with Gasteiger partial charge in [0.2, 0.25) is 0 Å². The Morgan fingerprint density at radius 2 is 1.40 bits per heavy atom. The molecule has 1 rings (SSSR count). The fraction of sp³-hybridized carbons (Fsp3) is 0.579. The minimum Gasteiger partial charge on any atom is -0.422 e. The number of ether oxygens (including phenoxy) is 2. The number of benzene rings is 1. The van der Waals surface area contributed by atoms with Crippen LogP contribution in [0, 0.1) is 10.8 Å².